The molecule has 7 nitrogen and oxygen atoms in total. The largest absolute Gasteiger partial charge is 0.490 e. The number of nitrogens with one attached hydrogen (secondary N) is 2. The summed E-state index contributed by atoms with van der Waals surface area (Å²) in [5, 5.41) is 0. The van der Waals surface area contributed by atoms with Crippen molar-refractivity contribution >= 4 is 15.9 Å². The Morgan fingerprint density at radius 3 is 2.31 bits per heavy atom. The number of ether oxygens (including phenoxy) is 2. The fraction of sp³-hybridized carbons (Fsp3) is 0.278. The normalized spacial score (nSPS) is 11.0. The zero-order chi connectivity index (χ0) is 19.2. The highest BCUT2D eigenvalue weighted by Crippen LogP contribution is 2.30. The van der Waals surface area contributed by atoms with Gasteiger partial charge in [0.05, 0.1) is 18.1 Å². The maximum absolute atomic E-state index is 12.5. The van der Waals surface area contributed by atoms with E-state index in [1.807, 2.05) is 6.92 Å². The van der Waals surface area contributed by atoms with Crippen LogP contribution in [-0.4, -0.2) is 27.5 Å². The highest BCUT2D eigenvalue weighted by Gasteiger charge is 2.19. The number of hydrogen-bond donors (Lipinski definition) is 2. The van der Waals surface area contributed by atoms with E-state index in [1.54, 1.807) is 38.1 Å². The molecule has 0 atom stereocenters. The minimum atomic E-state index is -3.97. The molecule has 0 aliphatic rings. The summed E-state index contributed by atoms with van der Waals surface area (Å²) in [6.45, 7) is 6.17. The van der Waals surface area contributed by atoms with Crippen LogP contribution in [0.15, 0.2) is 47.4 Å². The summed E-state index contributed by atoms with van der Waals surface area (Å²) in [6.07, 6.45) is 0. The lowest BCUT2D eigenvalue weighted by Gasteiger charge is -2.13. The van der Waals surface area contributed by atoms with Crippen molar-refractivity contribution in [2.45, 2.75) is 25.7 Å². The number of carbonyl (C=O) groups excluding carboxylic acids is 1. The summed E-state index contributed by atoms with van der Waals surface area (Å²) in [6, 6.07) is 11.1. The van der Waals surface area contributed by atoms with E-state index >= 15 is 0 Å². The summed E-state index contributed by atoms with van der Waals surface area (Å²) in [5.41, 5.74) is 3.35. The third-order valence-electron chi connectivity index (χ3n) is 3.51. The molecule has 0 heterocycles. The fourth-order valence-corrected chi connectivity index (χ4v) is 3.12. The Morgan fingerprint density at radius 1 is 1.00 bits per heavy atom. The van der Waals surface area contributed by atoms with E-state index in [-0.39, 0.29) is 4.90 Å². The molecule has 0 fully saturated rings. The Morgan fingerprint density at radius 2 is 1.65 bits per heavy atom. The molecule has 0 aromatic heterocycles. The SMILES string of the molecule is CCOc1ccc(S(=O)(=O)NNC(=O)c2ccccc2C)cc1OCC. The van der Waals surface area contributed by atoms with Crippen LogP contribution in [0.3, 0.4) is 0 Å². The van der Waals surface area contributed by atoms with E-state index in [4.69, 9.17) is 9.47 Å². The molecule has 8 heteroatoms. The molecular weight excluding hydrogens is 356 g/mol. The standard InChI is InChI=1S/C18H22N2O5S/c1-4-24-16-11-10-14(12-17(16)25-5-2)26(22,23)20-19-18(21)15-9-7-6-8-13(15)3/h6-12,20H,4-5H2,1-3H3,(H,19,21). The Bertz CT molecular complexity index is 881. The zero-order valence-corrected chi connectivity index (χ0v) is 15.7. The third kappa shape index (κ3) is 4.74. The van der Waals surface area contributed by atoms with Crippen molar-refractivity contribution in [3.63, 3.8) is 0 Å². The van der Waals surface area contributed by atoms with E-state index in [9.17, 15) is 13.2 Å². The monoisotopic (exact) mass is 378 g/mol. The molecule has 0 aliphatic carbocycles. The summed E-state index contributed by atoms with van der Waals surface area (Å²) in [4.78, 5) is 14.2. The van der Waals surface area contributed by atoms with Gasteiger partial charge in [0, 0.05) is 11.6 Å². The maximum atomic E-state index is 12.5. The van der Waals surface area contributed by atoms with E-state index in [0.717, 1.165) is 5.56 Å². The van der Waals surface area contributed by atoms with E-state index in [1.165, 1.54) is 18.2 Å². The van der Waals surface area contributed by atoms with Crippen molar-refractivity contribution in [2.24, 2.45) is 0 Å². The number of rotatable bonds is 8. The second-order valence-corrected chi connectivity index (χ2v) is 7.03. The molecular formula is C18H22N2O5S. The van der Waals surface area contributed by atoms with Crippen LogP contribution in [0.4, 0.5) is 0 Å². The number of amides is 1. The first-order valence-corrected chi connectivity index (χ1v) is 9.64. The van der Waals surface area contributed by atoms with Crippen molar-refractivity contribution in [3.05, 3.63) is 53.6 Å². The van der Waals surface area contributed by atoms with Crippen LogP contribution in [0.1, 0.15) is 29.8 Å². The first-order chi connectivity index (χ1) is 12.4. The second-order valence-electron chi connectivity index (χ2n) is 5.35. The van der Waals surface area contributed by atoms with Gasteiger partial charge in [-0.25, -0.2) is 8.42 Å². The van der Waals surface area contributed by atoms with Crippen LogP contribution in [0.2, 0.25) is 0 Å². The van der Waals surface area contributed by atoms with Gasteiger partial charge in [0.15, 0.2) is 11.5 Å². The smallest absolute Gasteiger partial charge is 0.266 e. The van der Waals surface area contributed by atoms with Crippen molar-refractivity contribution in [1.29, 1.82) is 0 Å². The van der Waals surface area contributed by atoms with Gasteiger partial charge in [0.1, 0.15) is 0 Å². The number of hydrazine groups is 1. The first-order valence-electron chi connectivity index (χ1n) is 8.16. The molecule has 0 spiro atoms. The minimum Gasteiger partial charge on any atom is -0.490 e. The molecule has 2 N–H and O–H groups in total. The summed E-state index contributed by atoms with van der Waals surface area (Å²) in [5.74, 6) is 0.238. The van der Waals surface area contributed by atoms with Crippen molar-refractivity contribution in [3.8, 4) is 11.5 Å². The molecule has 0 saturated heterocycles. The molecule has 0 unspecified atom stereocenters. The molecule has 2 rings (SSSR count). The van der Waals surface area contributed by atoms with Crippen LogP contribution < -0.4 is 19.7 Å². The highest BCUT2D eigenvalue weighted by molar-refractivity contribution is 7.89. The third-order valence-corrected chi connectivity index (χ3v) is 4.76. The number of aryl methyl sites for hydroxylation is 1. The van der Waals surface area contributed by atoms with Gasteiger partial charge in [0.25, 0.3) is 15.9 Å². The quantitative estimate of drug-likeness (QED) is 0.688. The van der Waals surface area contributed by atoms with Crippen molar-refractivity contribution in [2.75, 3.05) is 13.2 Å². The summed E-state index contributed by atoms with van der Waals surface area (Å²) >= 11 is 0. The molecule has 0 radical (unpaired) electrons. The number of carbonyl (C=O) groups is 1. The Hall–Kier alpha value is -2.58. The number of sulfonamides is 1. The van der Waals surface area contributed by atoms with E-state index < -0.39 is 15.9 Å². The first kappa shape index (κ1) is 19.7. The molecule has 2 aromatic rings. The van der Waals surface area contributed by atoms with Crippen LogP contribution in [-0.2, 0) is 10.0 Å². The molecule has 140 valence electrons. The van der Waals surface area contributed by atoms with Crippen molar-refractivity contribution < 1.29 is 22.7 Å². The molecule has 26 heavy (non-hydrogen) atoms. The van der Waals surface area contributed by atoms with E-state index in [2.05, 4.69) is 10.3 Å². The van der Waals surface area contributed by atoms with Crippen LogP contribution >= 0.6 is 0 Å². The van der Waals surface area contributed by atoms with Gasteiger partial charge < -0.3 is 9.47 Å². The van der Waals surface area contributed by atoms with Gasteiger partial charge >= 0.3 is 0 Å². The summed E-state index contributed by atoms with van der Waals surface area (Å²) in [7, 11) is -3.97. The Balaban J connectivity index is 2.18. The molecule has 0 aliphatic heterocycles. The average Bonchev–Trinajstić information content (AvgIpc) is 2.62. The Kier molecular flexibility index (Phi) is 6.59. The average molecular weight is 378 g/mol. The minimum absolute atomic E-state index is 0.0468. The molecule has 0 saturated carbocycles. The van der Waals surface area contributed by atoms with Crippen molar-refractivity contribution in [1.82, 2.24) is 10.3 Å². The van der Waals surface area contributed by atoms with E-state index in [0.29, 0.717) is 30.3 Å². The lowest BCUT2D eigenvalue weighted by molar-refractivity contribution is 0.0944. The Labute approximate surface area is 153 Å². The van der Waals surface area contributed by atoms with Gasteiger partial charge in [-0.1, -0.05) is 18.2 Å². The topological polar surface area (TPSA) is 93.7 Å². The number of hydrogen-bond acceptors (Lipinski definition) is 5. The molecule has 0 bridgehead atoms. The summed E-state index contributed by atoms with van der Waals surface area (Å²) < 4.78 is 35.8. The molecule has 1 amide bonds. The van der Waals surface area contributed by atoms with Gasteiger partial charge in [-0.3, -0.25) is 10.2 Å². The van der Waals surface area contributed by atoms with Crippen LogP contribution in [0.25, 0.3) is 0 Å². The van der Waals surface area contributed by atoms with Crippen LogP contribution in [0.5, 0.6) is 11.5 Å². The van der Waals surface area contributed by atoms with Gasteiger partial charge in [-0.2, -0.15) is 0 Å². The molecule has 2 aromatic carbocycles. The highest BCUT2D eigenvalue weighted by atomic mass is 32.2. The lowest BCUT2D eigenvalue weighted by atomic mass is 10.1. The zero-order valence-electron chi connectivity index (χ0n) is 14.9. The predicted molar refractivity (Wildman–Crippen MR) is 97.7 cm³/mol. The maximum Gasteiger partial charge on any atom is 0.266 e. The lowest BCUT2D eigenvalue weighted by Crippen LogP contribution is -2.41. The van der Waals surface area contributed by atoms with Gasteiger partial charge in [-0.05, 0) is 44.5 Å². The van der Waals surface area contributed by atoms with Crippen LogP contribution in [0, 0.1) is 6.92 Å². The van der Waals surface area contributed by atoms with Gasteiger partial charge in [-0.15, -0.1) is 4.83 Å². The second kappa shape index (κ2) is 8.68. The fourth-order valence-electron chi connectivity index (χ4n) is 2.27. The predicted octanol–water partition coefficient (Wildman–Crippen LogP) is 2.42. The number of benzene rings is 2. The van der Waals surface area contributed by atoms with Gasteiger partial charge in [0.2, 0.25) is 0 Å².